The molecule has 1 aliphatic heterocycles. The van der Waals surface area contributed by atoms with E-state index in [2.05, 4.69) is 0 Å². The van der Waals surface area contributed by atoms with E-state index in [-0.39, 0.29) is 29.9 Å². The molecule has 1 aromatic carbocycles. The van der Waals surface area contributed by atoms with Gasteiger partial charge >= 0.3 is 0 Å². The van der Waals surface area contributed by atoms with Gasteiger partial charge in [0.25, 0.3) is 5.91 Å². The number of halogens is 1. The van der Waals surface area contributed by atoms with Gasteiger partial charge in [0.2, 0.25) is 5.91 Å². The predicted octanol–water partition coefficient (Wildman–Crippen LogP) is 2.69. The van der Waals surface area contributed by atoms with E-state index in [0.717, 1.165) is 6.42 Å². The average Bonchev–Trinajstić information content (AvgIpc) is 3.32. The zero-order chi connectivity index (χ0) is 18.7. The second kappa shape index (κ2) is 7.59. The van der Waals surface area contributed by atoms with Gasteiger partial charge in [-0.3, -0.25) is 9.59 Å². The third-order valence-corrected chi connectivity index (χ3v) is 4.54. The normalized spacial score (nSPS) is 16.6. The fraction of sp³-hybridized carbons (Fsp3) is 0.368. The van der Waals surface area contributed by atoms with Crippen molar-refractivity contribution in [2.45, 2.75) is 25.4 Å². The Bertz CT molecular complexity index is 791. The number of amides is 2. The van der Waals surface area contributed by atoms with Crippen LogP contribution in [0.1, 0.15) is 29.0 Å². The van der Waals surface area contributed by atoms with E-state index in [1.165, 1.54) is 30.4 Å². The van der Waals surface area contributed by atoms with Gasteiger partial charge in [-0.15, -0.1) is 0 Å². The molecule has 2 aromatic rings. The second-order valence-electron chi connectivity index (χ2n) is 6.30. The minimum absolute atomic E-state index is 0.161. The summed E-state index contributed by atoms with van der Waals surface area (Å²) in [5.41, 5.74) is 0.654. The van der Waals surface area contributed by atoms with Crippen molar-refractivity contribution in [2.24, 2.45) is 0 Å². The van der Waals surface area contributed by atoms with Gasteiger partial charge in [0.1, 0.15) is 6.04 Å². The number of benzene rings is 1. The van der Waals surface area contributed by atoms with Crippen LogP contribution in [0.2, 0.25) is 0 Å². The third kappa shape index (κ3) is 3.56. The lowest BCUT2D eigenvalue weighted by atomic mass is 10.1. The summed E-state index contributed by atoms with van der Waals surface area (Å²) in [4.78, 5) is 28.4. The molecule has 0 saturated carbocycles. The Kier molecular flexibility index (Phi) is 5.25. The number of likely N-dealkylation sites (tertiary alicyclic amines) is 1. The van der Waals surface area contributed by atoms with Gasteiger partial charge in [-0.05, 0) is 42.7 Å². The number of likely N-dealkylation sites (N-methyl/N-ethyl adjacent to an activating group) is 1. The third-order valence-electron chi connectivity index (χ3n) is 4.54. The first-order chi connectivity index (χ1) is 12.5. The minimum Gasteiger partial charge on any atom is -0.494 e. The first-order valence-corrected chi connectivity index (χ1v) is 8.43. The van der Waals surface area contributed by atoms with Crippen molar-refractivity contribution in [2.75, 3.05) is 20.7 Å². The molecule has 0 unspecified atom stereocenters. The molecule has 0 aliphatic carbocycles. The molecule has 1 atom stereocenters. The molecule has 1 fully saturated rings. The van der Waals surface area contributed by atoms with Gasteiger partial charge in [-0.2, -0.15) is 0 Å². The second-order valence-corrected chi connectivity index (χ2v) is 6.30. The standard InChI is InChI=1S/C19H21FN2O4/c1-21(12-13-7-8-16(25-2)14(20)11-13)18(23)15-5-3-9-22(15)19(24)17-6-4-10-26-17/h4,6-8,10-11,15H,3,5,9,12H2,1-2H3/t15-/m1/s1. The lowest BCUT2D eigenvalue weighted by Crippen LogP contribution is -2.46. The highest BCUT2D eigenvalue weighted by Gasteiger charge is 2.36. The van der Waals surface area contributed by atoms with Crippen LogP contribution in [-0.4, -0.2) is 48.4 Å². The van der Waals surface area contributed by atoms with E-state index < -0.39 is 11.9 Å². The van der Waals surface area contributed by atoms with Crippen LogP contribution in [0, 0.1) is 5.82 Å². The van der Waals surface area contributed by atoms with Gasteiger partial charge in [-0.1, -0.05) is 6.07 Å². The number of rotatable bonds is 5. The molecule has 3 rings (SSSR count). The van der Waals surface area contributed by atoms with Crippen molar-refractivity contribution in [3.05, 3.63) is 53.7 Å². The molecule has 1 saturated heterocycles. The molecule has 0 bridgehead atoms. The fourth-order valence-electron chi connectivity index (χ4n) is 3.22. The van der Waals surface area contributed by atoms with Crippen molar-refractivity contribution >= 4 is 11.8 Å². The first kappa shape index (κ1) is 18.0. The fourth-order valence-corrected chi connectivity index (χ4v) is 3.22. The Morgan fingerprint density at radius 3 is 2.85 bits per heavy atom. The monoisotopic (exact) mass is 360 g/mol. The zero-order valence-corrected chi connectivity index (χ0v) is 14.8. The van der Waals surface area contributed by atoms with E-state index in [9.17, 15) is 14.0 Å². The summed E-state index contributed by atoms with van der Waals surface area (Å²) in [5, 5.41) is 0. The molecule has 0 spiro atoms. The van der Waals surface area contributed by atoms with Crippen LogP contribution in [0.3, 0.4) is 0 Å². The Hall–Kier alpha value is -2.83. The average molecular weight is 360 g/mol. The van der Waals surface area contributed by atoms with Crippen LogP contribution < -0.4 is 4.74 Å². The molecule has 6 nitrogen and oxygen atoms in total. The summed E-state index contributed by atoms with van der Waals surface area (Å²) >= 11 is 0. The van der Waals surface area contributed by atoms with E-state index in [1.807, 2.05) is 0 Å². The number of carbonyl (C=O) groups excluding carboxylic acids is 2. The van der Waals surface area contributed by atoms with Gasteiger partial charge < -0.3 is 19.0 Å². The molecular formula is C19H21FN2O4. The summed E-state index contributed by atoms with van der Waals surface area (Å²) < 4.78 is 23.9. The van der Waals surface area contributed by atoms with E-state index in [1.54, 1.807) is 30.1 Å². The van der Waals surface area contributed by atoms with Crippen molar-refractivity contribution in [1.82, 2.24) is 9.80 Å². The molecule has 1 aromatic heterocycles. The van der Waals surface area contributed by atoms with Gasteiger partial charge in [0.05, 0.1) is 13.4 Å². The van der Waals surface area contributed by atoms with Crippen molar-refractivity contribution < 1.29 is 23.1 Å². The van der Waals surface area contributed by atoms with Crippen LogP contribution in [0.15, 0.2) is 41.0 Å². The van der Waals surface area contributed by atoms with Crippen LogP contribution in [-0.2, 0) is 11.3 Å². The quantitative estimate of drug-likeness (QED) is 0.822. The highest BCUT2D eigenvalue weighted by molar-refractivity contribution is 5.95. The molecule has 2 heterocycles. The Morgan fingerprint density at radius 1 is 1.38 bits per heavy atom. The molecule has 2 amide bonds. The molecule has 138 valence electrons. The topological polar surface area (TPSA) is 63.0 Å². The molecule has 26 heavy (non-hydrogen) atoms. The Balaban J connectivity index is 1.69. The molecule has 7 heteroatoms. The smallest absolute Gasteiger partial charge is 0.290 e. The molecular weight excluding hydrogens is 339 g/mol. The van der Waals surface area contributed by atoms with Crippen LogP contribution >= 0.6 is 0 Å². The lowest BCUT2D eigenvalue weighted by molar-refractivity contribution is -0.134. The van der Waals surface area contributed by atoms with E-state index in [4.69, 9.17) is 9.15 Å². The Labute approximate surface area is 151 Å². The maximum absolute atomic E-state index is 13.8. The van der Waals surface area contributed by atoms with E-state index >= 15 is 0 Å². The van der Waals surface area contributed by atoms with Crippen LogP contribution in [0.5, 0.6) is 5.75 Å². The maximum Gasteiger partial charge on any atom is 0.290 e. The largest absolute Gasteiger partial charge is 0.494 e. The summed E-state index contributed by atoms with van der Waals surface area (Å²) in [6, 6.07) is 7.30. The van der Waals surface area contributed by atoms with Crippen LogP contribution in [0.4, 0.5) is 4.39 Å². The van der Waals surface area contributed by atoms with Gasteiger partial charge in [0.15, 0.2) is 17.3 Å². The number of ether oxygens (including phenoxy) is 1. The molecule has 0 N–H and O–H groups in total. The SMILES string of the molecule is COc1ccc(CN(C)C(=O)[C@H]2CCCN2C(=O)c2ccco2)cc1F. The first-order valence-electron chi connectivity index (χ1n) is 8.43. The van der Waals surface area contributed by atoms with Gasteiger partial charge in [-0.25, -0.2) is 4.39 Å². The maximum atomic E-state index is 13.8. The number of nitrogens with zero attached hydrogens (tertiary/aromatic N) is 2. The highest BCUT2D eigenvalue weighted by Crippen LogP contribution is 2.23. The van der Waals surface area contributed by atoms with Crippen molar-refractivity contribution in [3.8, 4) is 5.75 Å². The minimum atomic E-state index is -0.527. The summed E-state index contributed by atoms with van der Waals surface area (Å²) in [6.45, 7) is 0.764. The number of furan rings is 1. The van der Waals surface area contributed by atoms with Crippen molar-refractivity contribution in [1.29, 1.82) is 0 Å². The number of hydrogen-bond donors (Lipinski definition) is 0. The highest BCUT2D eigenvalue weighted by atomic mass is 19.1. The number of carbonyl (C=O) groups is 2. The van der Waals surface area contributed by atoms with Crippen molar-refractivity contribution in [3.63, 3.8) is 0 Å². The summed E-state index contributed by atoms with van der Waals surface area (Å²) in [6.07, 6.45) is 2.80. The summed E-state index contributed by atoms with van der Waals surface area (Å²) in [7, 11) is 3.05. The van der Waals surface area contributed by atoms with E-state index in [0.29, 0.717) is 18.5 Å². The Morgan fingerprint density at radius 2 is 2.19 bits per heavy atom. The van der Waals surface area contributed by atoms with Crippen LogP contribution in [0.25, 0.3) is 0 Å². The predicted molar refractivity (Wildman–Crippen MR) is 92.2 cm³/mol. The molecule has 0 radical (unpaired) electrons. The zero-order valence-electron chi connectivity index (χ0n) is 14.8. The number of hydrogen-bond acceptors (Lipinski definition) is 4. The number of methoxy groups -OCH3 is 1. The summed E-state index contributed by atoms with van der Waals surface area (Å²) in [5.74, 6) is -0.534. The molecule has 1 aliphatic rings. The van der Waals surface area contributed by atoms with Gasteiger partial charge in [0, 0.05) is 20.1 Å². The lowest BCUT2D eigenvalue weighted by Gasteiger charge is -2.27.